The lowest BCUT2D eigenvalue weighted by Gasteiger charge is -2.19. The number of carbonyl (C=O) groups is 2. The Balaban J connectivity index is 1.88. The molecule has 6 nitrogen and oxygen atoms in total. The Labute approximate surface area is 142 Å². The van der Waals surface area contributed by atoms with E-state index in [1.165, 1.54) is 11.9 Å². The molecular weight excluding hydrogens is 328 g/mol. The van der Waals surface area contributed by atoms with E-state index in [-0.39, 0.29) is 35.1 Å². The van der Waals surface area contributed by atoms with Crippen molar-refractivity contribution >= 4 is 21.8 Å². The number of aryl methyl sites for hydroxylation is 1. The van der Waals surface area contributed by atoms with Crippen LogP contribution in [0.25, 0.3) is 0 Å². The molecule has 1 aliphatic heterocycles. The molecule has 7 heteroatoms. The third-order valence-electron chi connectivity index (χ3n) is 5.08. The van der Waals surface area contributed by atoms with E-state index in [0.717, 1.165) is 25.7 Å². The summed E-state index contributed by atoms with van der Waals surface area (Å²) in [4.78, 5) is 26.6. The number of benzene rings is 1. The standard InChI is InChI=1S/C17H22N2O4S/c1-11-7-8-12(9-15(11)24(22,23)18-2)10-19-16(20)13-5-3-4-6-14(13)17(19)21/h7-9,13-14,18H,3-6,10H2,1-2H3/t13-,14+. The number of amides is 2. The fraction of sp³-hybridized carbons (Fsp3) is 0.529. The minimum Gasteiger partial charge on any atom is -0.278 e. The van der Waals surface area contributed by atoms with Gasteiger partial charge < -0.3 is 0 Å². The summed E-state index contributed by atoms with van der Waals surface area (Å²) >= 11 is 0. The lowest BCUT2D eigenvalue weighted by molar-refractivity contribution is -0.140. The molecule has 1 heterocycles. The van der Waals surface area contributed by atoms with E-state index in [4.69, 9.17) is 0 Å². The summed E-state index contributed by atoms with van der Waals surface area (Å²) in [7, 11) is -2.21. The van der Waals surface area contributed by atoms with Gasteiger partial charge in [0.1, 0.15) is 0 Å². The molecular formula is C17H22N2O4S. The molecule has 3 rings (SSSR count). The maximum atomic E-state index is 12.5. The van der Waals surface area contributed by atoms with Crippen molar-refractivity contribution in [3.8, 4) is 0 Å². The van der Waals surface area contributed by atoms with Gasteiger partial charge in [0.25, 0.3) is 0 Å². The summed E-state index contributed by atoms with van der Waals surface area (Å²) in [5, 5.41) is 0. The van der Waals surface area contributed by atoms with Gasteiger partial charge in [0.05, 0.1) is 23.3 Å². The number of rotatable bonds is 4. The number of likely N-dealkylation sites (tertiary alicyclic amines) is 1. The second-order valence-corrected chi connectivity index (χ2v) is 8.42. The van der Waals surface area contributed by atoms with Gasteiger partial charge in [0.15, 0.2) is 0 Å². The van der Waals surface area contributed by atoms with Crippen molar-refractivity contribution in [3.05, 3.63) is 29.3 Å². The van der Waals surface area contributed by atoms with E-state index < -0.39 is 10.0 Å². The Morgan fingerprint density at radius 2 is 1.71 bits per heavy atom. The maximum Gasteiger partial charge on any atom is 0.240 e. The van der Waals surface area contributed by atoms with Gasteiger partial charge in [-0.15, -0.1) is 0 Å². The number of hydrogen-bond acceptors (Lipinski definition) is 4. The van der Waals surface area contributed by atoms with Crippen LogP contribution < -0.4 is 4.72 Å². The topological polar surface area (TPSA) is 83.6 Å². The van der Waals surface area contributed by atoms with Gasteiger partial charge in [0, 0.05) is 0 Å². The SMILES string of the molecule is CNS(=O)(=O)c1cc(CN2C(=O)[C@H]3CCCC[C@H]3C2=O)ccc1C. The van der Waals surface area contributed by atoms with Crippen LogP contribution in [0.3, 0.4) is 0 Å². The Kier molecular flexibility index (Phi) is 4.48. The summed E-state index contributed by atoms with van der Waals surface area (Å²) in [6.45, 7) is 1.85. The van der Waals surface area contributed by atoms with Gasteiger partial charge in [-0.1, -0.05) is 25.0 Å². The zero-order chi connectivity index (χ0) is 17.5. The van der Waals surface area contributed by atoms with Crippen LogP contribution in [0.4, 0.5) is 0 Å². The van der Waals surface area contributed by atoms with Crippen molar-refractivity contribution in [1.29, 1.82) is 0 Å². The number of carbonyl (C=O) groups excluding carboxylic acids is 2. The number of sulfonamides is 1. The first-order valence-electron chi connectivity index (χ1n) is 8.23. The van der Waals surface area contributed by atoms with Crippen molar-refractivity contribution in [2.75, 3.05) is 7.05 Å². The molecule has 130 valence electrons. The number of nitrogens with one attached hydrogen (secondary N) is 1. The van der Waals surface area contributed by atoms with E-state index >= 15 is 0 Å². The van der Waals surface area contributed by atoms with Crippen LogP contribution in [-0.4, -0.2) is 32.2 Å². The minimum absolute atomic E-state index is 0.108. The average molecular weight is 350 g/mol. The lowest BCUT2D eigenvalue weighted by Crippen LogP contribution is -2.30. The predicted octanol–water partition coefficient (Wildman–Crippen LogP) is 1.58. The Bertz CT molecular complexity index is 764. The van der Waals surface area contributed by atoms with Crippen LogP contribution in [0.15, 0.2) is 23.1 Å². The molecule has 1 aliphatic carbocycles. The second-order valence-electron chi connectivity index (χ2n) is 6.57. The molecule has 1 saturated carbocycles. The highest BCUT2D eigenvalue weighted by atomic mass is 32.2. The van der Waals surface area contributed by atoms with Crippen LogP contribution in [0, 0.1) is 18.8 Å². The minimum atomic E-state index is -3.57. The van der Waals surface area contributed by atoms with Crippen LogP contribution in [0.5, 0.6) is 0 Å². The van der Waals surface area contributed by atoms with E-state index in [0.29, 0.717) is 11.1 Å². The highest BCUT2D eigenvalue weighted by Crippen LogP contribution is 2.38. The molecule has 1 aromatic rings. The summed E-state index contributed by atoms with van der Waals surface area (Å²) < 4.78 is 26.5. The zero-order valence-electron chi connectivity index (χ0n) is 13.9. The molecule has 2 atom stereocenters. The highest BCUT2D eigenvalue weighted by Gasteiger charge is 2.47. The number of hydrogen-bond donors (Lipinski definition) is 1. The number of fused-ring (bicyclic) bond motifs is 1. The third kappa shape index (κ3) is 2.86. The molecule has 0 unspecified atom stereocenters. The number of imide groups is 1. The maximum absolute atomic E-state index is 12.5. The average Bonchev–Trinajstić information content (AvgIpc) is 2.82. The molecule has 2 amide bonds. The lowest BCUT2D eigenvalue weighted by atomic mass is 9.81. The van der Waals surface area contributed by atoms with Crippen molar-refractivity contribution in [2.24, 2.45) is 11.8 Å². The van der Waals surface area contributed by atoms with Crippen LogP contribution >= 0.6 is 0 Å². The number of nitrogens with zero attached hydrogens (tertiary/aromatic N) is 1. The van der Waals surface area contributed by atoms with Crippen LogP contribution in [0.1, 0.15) is 36.8 Å². The van der Waals surface area contributed by atoms with E-state index in [1.54, 1.807) is 25.1 Å². The molecule has 0 radical (unpaired) electrons. The molecule has 0 bridgehead atoms. The van der Waals surface area contributed by atoms with Gasteiger partial charge in [-0.25, -0.2) is 13.1 Å². The van der Waals surface area contributed by atoms with Crippen molar-refractivity contribution < 1.29 is 18.0 Å². The van der Waals surface area contributed by atoms with Gasteiger partial charge in [-0.3, -0.25) is 14.5 Å². The first-order valence-corrected chi connectivity index (χ1v) is 9.72. The monoisotopic (exact) mass is 350 g/mol. The van der Waals surface area contributed by atoms with E-state index in [9.17, 15) is 18.0 Å². The smallest absolute Gasteiger partial charge is 0.240 e. The quantitative estimate of drug-likeness (QED) is 0.836. The molecule has 1 N–H and O–H groups in total. The molecule has 2 fully saturated rings. The molecule has 0 aromatic heterocycles. The van der Waals surface area contributed by atoms with E-state index in [2.05, 4.69) is 4.72 Å². The Morgan fingerprint density at radius 1 is 1.12 bits per heavy atom. The summed E-state index contributed by atoms with van der Waals surface area (Å²) in [5.74, 6) is -0.582. The fourth-order valence-electron chi connectivity index (χ4n) is 3.71. The summed E-state index contributed by atoms with van der Waals surface area (Å²) in [6.07, 6.45) is 3.53. The Morgan fingerprint density at radius 3 is 2.25 bits per heavy atom. The van der Waals surface area contributed by atoms with Crippen molar-refractivity contribution in [2.45, 2.75) is 44.0 Å². The largest absolute Gasteiger partial charge is 0.278 e. The molecule has 2 aliphatic rings. The summed E-state index contributed by atoms with van der Waals surface area (Å²) in [6, 6.07) is 5.02. The molecule has 0 spiro atoms. The van der Waals surface area contributed by atoms with Gasteiger partial charge in [-0.2, -0.15) is 0 Å². The molecule has 1 saturated heterocycles. The zero-order valence-corrected chi connectivity index (χ0v) is 14.7. The van der Waals surface area contributed by atoms with Gasteiger partial charge >= 0.3 is 0 Å². The van der Waals surface area contributed by atoms with Crippen LogP contribution in [0.2, 0.25) is 0 Å². The first-order chi connectivity index (χ1) is 11.3. The molecule has 1 aromatic carbocycles. The Hall–Kier alpha value is -1.73. The normalized spacial score (nSPS) is 24.3. The van der Waals surface area contributed by atoms with Crippen molar-refractivity contribution in [3.63, 3.8) is 0 Å². The third-order valence-corrected chi connectivity index (χ3v) is 6.64. The molecule has 24 heavy (non-hydrogen) atoms. The van der Waals surface area contributed by atoms with E-state index in [1.807, 2.05) is 0 Å². The second kappa shape index (κ2) is 6.29. The highest BCUT2D eigenvalue weighted by molar-refractivity contribution is 7.89. The van der Waals surface area contributed by atoms with Crippen LogP contribution in [-0.2, 0) is 26.2 Å². The van der Waals surface area contributed by atoms with Gasteiger partial charge in [-0.05, 0) is 44.0 Å². The van der Waals surface area contributed by atoms with Gasteiger partial charge in [0.2, 0.25) is 21.8 Å². The summed E-state index contributed by atoms with van der Waals surface area (Å²) in [5.41, 5.74) is 1.27. The fourth-order valence-corrected chi connectivity index (χ4v) is 4.73. The first kappa shape index (κ1) is 17.1. The van der Waals surface area contributed by atoms with Crippen molar-refractivity contribution in [1.82, 2.24) is 9.62 Å². The predicted molar refractivity (Wildman–Crippen MR) is 88.4 cm³/mol.